The lowest BCUT2D eigenvalue weighted by Gasteiger charge is -2.32. The van der Waals surface area contributed by atoms with Gasteiger partial charge in [-0.05, 0) is 37.7 Å². The van der Waals surface area contributed by atoms with Gasteiger partial charge in [0, 0.05) is 50.7 Å². The maximum absolute atomic E-state index is 14.5. The zero-order valence-corrected chi connectivity index (χ0v) is 18.0. The van der Waals surface area contributed by atoms with Gasteiger partial charge in [0.05, 0.1) is 6.20 Å². The number of halogens is 1. The molecule has 0 spiro atoms. The average Bonchev–Trinajstić information content (AvgIpc) is 3.18. The molecule has 1 fully saturated rings. The van der Waals surface area contributed by atoms with Gasteiger partial charge in [-0.25, -0.2) is 19.3 Å². The summed E-state index contributed by atoms with van der Waals surface area (Å²) in [6.45, 7) is 7.00. The average molecular weight is 433 g/mol. The lowest BCUT2D eigenvalue weighted by molar-refractivity contribution is 0.148. The summed E-state index contributed by atoms with van der Waals surface area (Å²) in [7, 11) is 2.15. The highest BCUT2D eigenvalue weighted by Crippen LogP contribution is 2.23. The van der Waals surface area contributed by atoms with E-state index in [0.29, 0.717) is 17.0 Å². The molecule has 1 aliphatic heterocycles. The number of likely N-dealkylation sites (N-methyl/N-ethyl adjacent to an activating group) is 1. The number of hydrogen-bond acceptors (Lipinski definition) is 8. The minimum absolute atomic E-state index is 0.198. The topological polar surface area (TPSA) is 87.4 Å². The molecule has 0 radical (unpaired) electrons. The quantitative estimate of drug-likeness (QED) is 0.514. The van der Waals surface area contributed by atoms with Crippen LogP contribution < -0.4 is 5.32 Å². The molecule has 9 nitrogen and oxygen atoms in total. The van der Waals surface area contributed by atoms with Gasteiger partial charge in [-0.1, -0.05) is 6.07 Å². The molecule has 0 amide bonds. The van der Waals surface area contributed by atoms with Crippen molar-refractivity contribution in [1.29, 1.82) is 0 Å². The number of nitrogens with one attached hydrogen (secondary N) is 1. The van der Waals surface area contributed by atoms with Gasteiger partial charge in [-0.3, -0.25) is 9.30 Å². The molecule has 0 unspecified atom stereocenters. The van der Waals surface area contributed by atoms with Gasteiger partial charge in [-0.15, -0.1) is 10.2 Å². The van der Waals surface area contributed by atoms with Crippen molar-refractivity contribution in [1.82, 2.24) is 39.3 Å². The van der Waals surface area contributed by atoms with Crippen LogP contribution in [0.4, 0.5) is 16.2 Å². The number of nitrogens with zero attached hydrogens (tertiary/aromatic N) is 8. The fourth-order valence-electron chi connectivity index (χ4n) is 3.75. The Morgan fingerprint density at radius 2 is 1.84 bits per heavy atom. The van der Waals surface area contributed by atoms with E-state index in [1.807, 2.05) is 25.3 Å². The van der Waals surface area contributed by atoms with Crippen LogP contribution >= 0.6 is 0 Å². The van der Waals surface area contributed by atoms with Crippen LogP contribution in [0.1, 0.15) is 11.4 Å². The number of hydrogen-bond donors (Lipinski definition) is 1. The van der Waals surface area contributed by atoms with E-state index in [0.717, 1.165) is 50.3 Å². The highest BCUT2D eigenvalue weighted by molar-refractivity contribution is 5.63. The number of piperazine rings is 1. The van der Waals surface area contributed by atoms with Crippen LogP contribution in [-0.2, 0) is 6.54 Å². The van der Waals surface area contributed by atoms with Crippen LogP contribution in [0.2, 0.25) is 0 Å². The van der Waals surface area contributed by atoms with Crippen molar-refractivity contribution in [2.45, 2.75) is 13.5 Å². The molecule has 10 heteroatoms. The summed E-state index contributed by atoms with van der Waals surface area (Å²) in [4.78, 5) is 17.7. The monoisotopic (exact) mass is 433 g/mol. The van der Waals surface area contributed by atoms with Crippen LogP contribution in [0.15, 0.2) is 42.9 Å². The lowest BCUT2D eigenvalue weighted by atomic mass is 10.2. The summed E-state index contributed by atoms with van der Waals surface area (Å²) in [5, 5.41) is 11.2. The fourth-order valence-corrected chi connectivity index (χ4v) is 3.75. The normalized spacial score (nSPS) is 15.3. The summed E-state index contributed by atoms with van der Waals surface area (Å²) in [5.41, 5.74) is 2.65. The first-order valence-electron chi connectivity index (χ1n) is 10.5. The van der Waals surface area contributed by atoms with Gasteiger partial charge in [-0.2, -0.15) is 0 Å². The summed E-state index contributed by atoms with van der Waals surface area (Å²) < 4.78 is 16.3. The Morgan fingerprint density at radius 3 is 2.62 bits per heavy atom. The van der Waals surface area contributed by atoms with Crippen molar-refractivity contribution in [3.05, 3.63) is 60.1 Å². The Morgan fingerprint density at radius 1 is 1.00 bits per heavy atom. The van der Waals surface area contributed by atoms with Crippen molar-refractivity contribution in [2.75, 3.05) is 38.5 Å². The molecule has 5 heterocycles. The Labute approximate surface area is 185 Å². The van der Waals surface area contributed by atoms with Crippen LogP contribution in [0.3, 0.4) is 0 Å². The zero-order valence-electron chi connectivity index (χ0n) is 18.0. The van der Waals surface area contributed by atoms with E-state index in [2.05, 4.69) is 47.3 Å². The van der Waals surface area contributed by atoms with E-state index >= 15 is 0 Å². The summed E-state index contributed by atoms with van der Waals surface area (Å²) in [5.74, 6) is 1.10. The van der Waals surface area contributed by atoms with Crippen LogP contribution in [0.5, 0.6) is 0 Å². The first-order chi connectivity index (χ1) is 15.5. The molecule has 1 saturated heterocycles. The zero-order chi connectivity index (χ0) is 22.1. The second-order valence-corrected chi connectivity index (χ2v) is 8.04. The molecule has 0 aromatic carbocycles. The summed E-state index contributed by atoms with van der Waals surface area (Å²) in [6.07, 6.45) is 4.79. The smallest absolute Gasteiger partial charge is 0.229 e. The number of pyridine rings is 2. The van der Waals surface area contributed by atoms with Gasteiger partial charge in [0.2, 0.25) is 5.95 Å². The Balaban J connectivity index is 1.31. The van der Waals surface area contributed by atoms with Crippen molar-refractivity contribution in [3.63, 3.8) is 0 Å². The summed E-state index contributed by atoms with van der Waals surface area (Å²) in [6, 6.07) is 7.49. The minimum atomic E-state index is -0.504. The third-order valence-corrected chi connectivity index (χ3v) is 5.66. The van der Waals surface area contributed by atoms with Gasteiger partial charge in [0.25, 0.3) is 0 Å². The van der Waals surface area contributed by atoms with Gasteiger partial charge in [0.1, 0.15) is 17.3 Å². The maximum Gasteiger partial charge on any atom is 0.229 e. The molecule has 164 valence electrons. The molecule has 1 N–H and O–H groups in total. The predicted octanol–water partition coefficient (Wildman–Crippen LogP) is 2.52. The van der Waals surface area contributed by atoms with Crippen molar-refractivity contribution in [2.24, 2.45) is 0 Å². The second kappa shape index (κ2) is 8.56. The van der Waals surface area contributed by atoms with E-state index in [-0.39, 0.29) is 11.6 Å². The Bertz CT molecular complexity index is 1230. The number of aryl methyl sites for hydroxylation is 1. The van der Waals surface area contributed by atoms with E-state index in [4.69, 9.17) is 0 Å². The van der Waals surface area contributed by atoms with E-state index in [1.54, 1.807) is 22.7 Å². The second-order valence-electron chi connectivity index (χ2n) is 8.04. The van der Waals surface area contributed by atoms with Crippen molar-refractivity contribution in [3.8, 4) is 11.3 Å². The molecule has 0 bridgehead atoms. The minimum Gasteiger partial charge on any atom is -0.309 e. The molecule has 4 aromatic rings. The van der Waals surface area contributed by atoms with Gasteiger partial charge < -0.3 is 10.2 Å². The third kappa shape index (κ3) is 4.27. The number of fused-ring (bicyclic) bond motifs is 1. The van der Waals surface area contributed by atoms with E-state index < -0.39 is 5.82 Å². The molecule has 0 atom stereocenters. The fraction of sp³-hybridized carbons (Fsp3) is 0.318. The third-order valence-electron chi connectivity index (χ3n) is 5.66. The molecular weight excluding hydrogens is 409 g/mol. The molecular formula is C22H24FN9. The molecule has 0 saturated carbocycles. The largest absolute Gasteiger partial charge is 0.309 e. The highest BCUT2D eigenvalue weighted by atomic mass is 19.1. The molecule has 5 rings (SSSR count). The van der Waals surface area contributed by atoms with Gasteiger partial charge in [0.15, 0.2) is 11.5 Å². The number of aromatic nitrogens is 6. The first kappa shape index (κ1) is 20.4. The van der Waals surface area contributed by atoms with Crippen LogP contribution in [0, 0.1) is 12.7 Å². The SMILES string of the molecule is Cc1nnc2ccc(-c3nc(Nc4ccc(CN5CCN(C)CC5)cn4)ncc3F)cn12. The lowest BCUT2D eigenvalue weighted by Crippen LogP contribution is -2.43. The number of anilines is 2. The Kier molecular flexibility index (Phi) is 5.46. The van der Waals surface area contributed by atoms with Crippen molar-refractivity contribution < 1.29 is 4.39 Å². The Hall–Kier alpha value is -3.50. The predicted molar refractivity (Wildman–Crippen MR) is 119 cm³/mol. The molecule has 1 aliphatic rings. The summed E-state index contributed by atoms with van der Waals surface area (Å²) >= 11 is 0. The molecule has 4 aromatic heterocycles. The van der Waals surface area contributed by atoms with Crippen molar-refractivity contribution >= 4 is 17.4 Å². The van der Waals surface area contributed by atoms with E-state index in [9.17, 15) is 4.39 Å². The van der Waals surface area contributed by atoms with Crippen LogP contribution in [0.25, 0.3) is 16.9 Å². The first-order valence-corrected chi connectivity index (χ1v) is 10.5. The molecule has 32 heavy (non-hydrogen) atoms. The maximum atomic E-state index is 14.5. The molecule has 0 aliphatic carbocycles. The standard InChI is InChI=1S/C22H24FN9/c1-15-28-29-20-6-4-17(14-32(15)20)21-18(23)12-25-22(27-21)26-19-5-3-16(11-24-19)13-31-9-7-30(2)8-10-31/h3-6,11-12,14H,7-10,13H2,1-2H3,(H,24,25,26,27). The highest BCUT2D eigenvalue weighted by Gasteiger charge is 2.15. The van der Waals surface area contributed by atoms with Crippen LogP contribution in [-0.4, -0.2) is 72.6 Å². The van der Waals surface area contributed by atoms with Gasteiger partial charge >= 0.3 is 0 Å². The number of rotatable bonds is 5. The van der Waals surface area contributed by atoms with E-state index in [1.165, 1.54) is 0 Å².